The van der Waals surface area contributed by atoms with E-state index in [2.05, 4.69) is 21.2 Å². The third-order valence-corrected chi connectivity index (χ3v) is 5.01. The summed E-state index contributed by atoms with van der Waals surface area (Å²) in [4.78, 5) is 29.5. The van der Waals surface area contributed by atoms with Crippen molar-refractivity contribution in [2.45, 2.75) is 5.60 Å². The summed E-state index contributed by atoms with van der Waals surface area (Å²) in [5.74, 6) is -0.849. The van der Waals surface area contributed by atoms with Crippen LogP contribution in [0.15, 0.2) is 53.0 Å². The lowest BCUT2D eigenvalue weighted by Crippen LogP contribution is -2.42. The Kier molecular flexibility index (Phi) is 6.43. The Morgan fingerprint density at radius 2 is 1.56 bits per heavy atom. The molecular weight excluding hydrogens is 433 g/mol. The first kappa shape index (κ1) is 20.1. The van der Waals surface area contributed by atoms with Crippen LogP contribution in [0, 0.1) is 0 Å². The first-order valence-electron chi connectivity index (χ1n) is 7.16. The number of carbonyl (C=O) groups excluding carboxylic acids is 1. The molecule has 0 saturated heterocycles. The van der Waals surface area contributed by atoms with Gasteiger partial charge in [0.2, 0.25) is 5.91 Å². The van der Waals surface area contributed by atoms with Gasteiger partial charge in [-0.3, -0.25) is 9.36 Å². The monoisotopic (exact) mass is 447 g/mol. The van der Waals surface area contributed by atoms with Crippen molar-refractivity contribution in [2.75, 3.05) is 12.7 Å². The van der Waals surface area contributed by atoms with E-state index in [4.69, 9.17) is 21.4 Å². The summed E-state index contributed by atoms with van der Waals surface area (Å²) in [6, 6.07) is 13.3. The lowest BCUT2D eigenvalue weighted by Gasteiger charge is -2.30. The summed E-state index contributed by atoms with van der Waals surface area (Å²) >= 11 is 9.20. The van der Waals surface area contributed by atoms with E-state index in [9.17, 15) is 14.5 Å². The molecule has 0 aliphatic heterocycles. The van der Waals surface area contributed by atoms with Crippen LogP contribution in [-0.2, 0) is 15.0 Å². The zero-order valence-electron chi connectivity index (χ0n) is 12.9. The number of nitrogens with one attached hydrogen (secondary N) is 1. The fourth-order valence-corrected chi connectivity index (χ4v) is 3.17. The Balaban J connectivity index is 2.32. The highest BCUT2D eigenvalue weighted by molar-refractivity contribution is 9.10. The Hall–Kier alpha value is -1.21. The molecule has 0 fully saturated rings. The molecule has 2 rings (SSSR count). The minimum absolute atomic E-state index is 0.255. The van der Waals surface area contributed by atoms with Crippen LogP contribution >= 0.6 is 35.1 Å². The smallest absolute Gasteiger partial charge is 0.334 e. The summed E-state index contributed by atoms with van der Waals surface area (Å²) in [6.45, 7) is -0.255. The molecule has 25 heavy (non-hydrogen) atoms. The van der Waals surface area contributed by atoms with Crippen molar-refractivity contribution in [1.29, 1.82) is 0 Å². The van der Waals surface area contributed by atoms with Gasteiger partial charge in [0.25, 0.3) is 0 Å². The standard InChI is InChI=1S/C16H16BrClNO5P/c17-13-5-1-11(2-6-13)16(21,12-3-7-14(18)8-4-12)10-19-15(20)9-25(22,23)24/h1-8,21H,9-10H2,(H,19,20)(H2,22,23,24). The van der Waals surface area contributed by atoms with Crippen LogP contribution in [0.2, 0.25) is 5.02 Å². The zero-order valence-corrected chi connectivity index (χ0v) is 16.1. The molecule has 2 aromatic carbocycles. The molecule has 1 unspecified atom stereocenters. The van der Waals surface area contributed by atoms with E-state index in [1.165, 1.54) is 0 Å². The van der Waals surface area contributed by atoms with Crippen molar-refractivity contribution in [1.82, 2.24) is 5.32 Å². The van der Waals surface area contributed by atoms with E-state index in [0.717, 1.165) is 4.47 Å². The first-order valence-corrected chi connectivity index (χ1v) is 10.1. The Morgan fingerprint density at radius 1 is 1.08 bits per heavy atom. The third kappa shape index (κ3) is 5.64. The molecule has 4 N–H and O–H groups in total. The van der Waals surface area contributed by atoms with Gasteiger partial charge in [-0.25, -0.2) is 0 Å². The number of hydrogen-bond donors (Lipinski definition) is 4. The minimum atomic E-state index is -4.48. The van der Waals surface area contributed by atoms with Gasteiger partial charge in [-0.1, -0.05) is 51.8 Å². The number of aliphatic hydroxyl groups is 1. The molecule has 0 aliphatic carbocycles. The number of amides is 1. The van der Waals surface area contributed by atoms with Crippen LogP contribution in [0.3, 0.4) is 0 Å². The Labute approximate surface area is 158 Å². The molecule has 0 heterocycles. The lowest BCUT2D eigenvalue weighted by atomic mass is 9.86. The molecule has 2 aromatic rings. The summed E-state index contributed by atoms with van der Waals surface area (Å²) in [7, 11) is -4.48. The van der Waals surface area contributed by atoms with E-state index < -0.39 is 25.3 Å². The van der Waals surface area contributed by atoms with E-state index in [-0.39, 0.29) is 6.54 Å². The first-order chi connectivity index (χ1) is 11.6. The molecule has 0 aromatic heterocycles. The maximum Gasteiger partial charge on any atom is 0.334 e. The highest BCUT2D eigenvalue weighted by Crippen LogP contribution is 2.34. The fraction of sp³-hybridized carbons (Fsp3) is 0.188. The summed E-state index contributed by atoms with van der Waals surface area (Å²) in [6.07, 6.45) is -0.940. The van der Waals surface area contributed by atoms with Gasteiger partial charge in [-0.15, -0.1) is 0 Å². The van der Waals surface area contributed by atoms with Gasteiger partial charge in [0, 0.05) is 9.50 Å². The lowest BCUT2D eigenvalue weighted by molar-refractivity contribution is -0.119. The van der Waals surface area contributed by atoms with Crippen LogP contribution in [0.25, 0.3) is 0 Å². The average molecular weight is 449 g/mol. The summed E-state index contributed by atoms with van der Waals surface area (Å²) in [5, 5.41) is 14.1. The zero-order chi connectivity index (χ0) is 18.7. The SMILES string of the molecule is O=C(CP(=O)(O)O)NCC(O)(c1ccc(Cl)cc1)c1ccc(Br)cc1. The molecule has 0 spiro atoms. The largest absolute Gasteiger partial charge is 0.379 e. The summed E-state index contributed by atoms with van der Waals surface area (Å²) in [5.41, 5.74) is -0.597. The van der Waals surface area contributed by atoms with Crippen molar-refractivity contribution in [3.05, 3.63) is 69.2 Å². The highest BCUT2D eigenvalue weighted by atomic mass is 79.9. The predicted octanol–water partition coefficient (Wildman–Crippen LogP) is 2.63. The highest BCUT2D eigenvalue weighted by Gasteiger charge is 2.33. The number of rotatable bonds is 6. The molecule has 0 saturated carbocycles. The van der Waals surface area contributed by atoms with E-state index in [0.29, 0.717) is 16.1 Å². The van der Waals surface area contributed by atoms with Crippen LogP contribution in [0.1, 0.15) is 11.1 Å². The van der Waals surface area contributed by atoms with Crippen LogP contribution in [-0.4, -0.2) is 33.5 Å². The second kappa shape index (κ2) is 7.99. The molecule has 134 valence electrons. The normalized spacial score (nSPS) is 14.0. The van der Waals surface area contributed by atoms with Gasteiger partial charge in [0.1, 0.15) is 11.8 Å². The molecule has 1 amide bonds. The number of hydrogen-bond acceptors (Lipinski definition) is 3. The van der Waals surface area contributed by atoms with Crippen molar-refractivity contribution < 1.29 is 24.3 Å². The molecule has 0 bridgehead atoms. The fourth-order valence-electron chi connectivity index (χ4n) is 2.29. The summed E-state index contributed by atoms with van der Waals surface area (Å²) < 4.78 is 11.8. The predicted molar refractivity (Wildman–Crippen MR) is 98.5 cm³/mol. The topological polar surface area (TPSA) is 107 Å². The molecular formula is C16H16BrClNO5P. The molecule has 1 atom stereocenters. The Bertz CT molecular complexity index is 746. The van der Waals surface area contributed by atoms with Crippen LogP contribution in [0.5, 0.6) is 0 Å². The quantitative estimate of drug-likeness (QED) is 0.508. The van der Waals surface area contributed by atoms with Gasteiger partial charge < -0.3 is 20.2 Å². The third-order valence-electron chi connectivity index (χ3n) is 3.53. The molecule has 0 radical (unpaired) electrons. The maximum atomic E-state index is 11.7. The second-order valence-electron chi connectivity index (χ2n) is 5.47. The maximum absolute atomic E-state index is 11.7. The van der Waals surface area contributed by atoms with Crippen molar-refractivity contribution in [3.63, 3.8) is 0 Å². The van der Waals surface area contributed by atoms with Crippen molar-refractivity contribution in [3.8, 4) is 0 Å². The van der Waals surface area contributed by atoms with E-state index >= 15 is 0 Å². The molecule has 6 nitrogen and oxygen atoms in total. The number of benzene rings is 2. The Morgan fingerprint density at radius 3 is 2.04 bits per heavy atom. The second-order valence-corrected chi connectivity index (χ2v) is 8.47. The van der Waals surface area contributed by atoms with Gasteiger partial charge >= 0.3 is 7.60 Å². The number of halogens is 2. The van der Waals surface area contributed by atoms with Gasteiger partial charge in [-0.2, -0.15) is 0 Å². The van der Waals surface area contributed by atoms with Crippen LogP contribution < -0.4 is 5.32 Å². The molecule has 9 heteroatoms. The van der Waals surface area contributed by atoms with Crippen molar-refractivity contribution >= 4 is 41.0 Å². The van der Waals surface area contributed by atoms with Crippen molar-refractivity contribution in [2.24, 2.45) is 0 Å². The van der Waals surface area contributed by atoms with Crippen LogP contribution in [0.4, 0.5) is 0 Å². The number of carbonyl (C=O) groups is 1. The van der Waals surface area contributed by atoms with Gasteiger partial charge in [0.15, 0.2) is 0 Å². The van der Waals surface area contributed by atoms with Gasteiger partial charge in [0.05, 0.1) is 6.54 Å². The van der Waals surface area contributed by atoms with E-state index in [1.807, 2.05) is 0 Å². The molecule has 0 aliphatic rings. The minimum Gasteiger partial charge on any atom is -0.379 e. The van der Waals surface area contributed by atoms with E-state index in [1.54, 1.807) is 48.5 Å². The van der Waals surface area contributed by atoms with Gasteiger partial charge in [-0.05, 0) is 35.4 Å². The average Bonchev–Trinajstić information content (AvgIpc) is 2.52.